The van der Waals surface area contributed by atoms with Crippen LogP contribution in [0.5, 0.6) is 0 Å². The van der Waals surface area contributed by atoms with Crippen molar-refractivity contribution in [3.05, 3.63) is 35.6 Å². The summed E-state index contributed by atoms with van der Waals surface area (Å²) < 4.78 is 18.7. The van der Waals surface area contributed by atoms with E-state index >= 15 is 0 Å². The fourth-order valence-corrected chi connectivity index (χ4v) is 2.84. The zero-order valence-corrected chi connectivity index (χ0v) is 12.5. The highest BCUT2D eigenvalue weighted by Gasteiger charge is 2.37. The summed E-state index contributed by atoms with van der Waals surface area (Å²) in [6, 6.07) is 6.26. The molecule has 1 saturated heterocycles. The minimum Gasteiger partial charge on any atom is -0.460 e. The molecule has 22 heavy (non-hydrogen) atoms. The minimum atomic E-state index is -0.371. The molecule has 0 N–H and O–H groups in total. The molecule has 0 bridgehead atoms. The number of carbonyl (C=O) groups is 2. The van der Waals surface area contributed by atoms with Gasteiger partial charge in [-0.2, -0.15) is 0 Å². The quantitative estimate of drug-likeness (QED) is 0.803. The molecular formula is C17H20FNO3. The van der Waals surface area contributed by atoms with Crippen LogP contribution in [0.3, 0.4) is 0 Å². The van der Waals surface area contributed by atoms with Gasteiger partial charge in [0.25, 0.3) is 0 Å². The van der Waals surface area contributed by atoms with E-state index in [-0.39, 0.29) is 36.1 Å². The maximum atomic E-state index is 13.5. The molecule has 2 fully saturated rings. The second-order valence-corrected chi connectivity index (χ2v) is 6.10. The van der Waals surface area contributed by atoms with Crippen molar-refractivity contribution in [2.24, 2.45) is 11.8 Å². The average Bonchev–Trinajstić information content (AvgIpc) is 3.38. The lowest BCUT2D eigenvalue weighted by atomic mass is 9.98. The van der Waals surface area contributed by atoms with Crippen LogP contribution in [0.1, 0.15) is 31.2 Å². The van der Waals surface area contributed by atoms with E-state index in [1.54, 1.807) is 23.1 Å². The third-order valence-electron chi connectivity index (χ3n) is 4.32. The molecule has 3 rings (SSSR count). The van der Waals surface area contributed by atoms with Crippen LogP contribution in [0.15, 0.2) is 24.3 Å². The van der Waals surface area contributed by atoms with Gasteiger partial charge in [-0.05, 0) is 31.7 Å². The predicted octanol–water partition coefficient (Wildman–Crippen LogP) is 2.52. The van der Waals surface area contributed by atoms with Gasteiger partial charge >= 0.3 is 5.97 Å². The fraction of sp³-hybridized carbons (Fsp3) is 0.529. The predicted molar refractivity (Wildman–Crippen MR) is 78.2 cm³/mol. The van der Waals surface area contributed by atoms with E-state index in [1.807, 2.05) is 0 Å². The molecule has 1 aromatic rings. The largest absolute Gasteiger partial charge is 0.460 e. The molecule has 1 heterocycles. The summed E-state index contributed by atoms with van der Waals surface area (Å²) in [6.07, 6.45) is 3.48. The molecule has 1 unspecified atom stereocenters. The summed E-state index contributed by atoms with van der Waals surface area (Å²) in [5.41, 5.74) is 0.373. The number of hydrogen-bond donors (Lipinski definition) is 0. The third kappa shape index (κ3) is 3.46. The highest BCUT2D eigenvalue weighted by atomic mass is 19.1. The molecule has 4 nitrogen and oxygen atoms in total. The second kappa shape index (κ2) is 6.46. The Morgan fingerprint density at radius 1 is 1.18 bits per heavy atom. The Morgan fingerprint density at radius 2 is 1.95 bits per heavy atom. The lowest BCUT2D eigenvalue weighted by molar-refractivity contribution is -0.153. The number of hydrogen-bond acceptors (Lipinski definition) is 3. The van der Waals surface area contributed by atoms with Crippen LogP contribution in [-0.4, -0.2) is 29.9 Å². The molecule has 118 valence electrons. The third-order valence-corrected chi connectivity index (χ3v) is 4.32. The molecular weight excluding hydrogens is 285 g/mol. The molecule has 1 atom stereocenters. The summed E-state index contributed by atoms with van der Waals surface area (Å²) in [5.74, 6) is -0.649. The maximum Gasteiger partial charge on any atom is 0.311 e. The monoisotopic (exact) mass is 305 g/mol. The molecule has 5 heteroatoms. The number of nitrogens with zero attached hydrogens (tertiary/aromatic N) is 1. The van der Waals surface area contributed by atoms with Crippen LogP contribution in [-0.2, 0) is 20.9 Å². The van der Waals surface area contributed by atoms with Crippen molar-refractivity contribution in [1.29, 1.82) is 0 Å². The topological polar surface area (TPSA) is 46.6 Å². The van der Waals surface area contributed by atoms with Gasteiger partial charge < -0.3 is 9.64 Å². The minimum absolute atomic E-state index is 0.0570. The van der Waals surface area contributed by atoms with Gasteiger partial charge in [0.2, 0.25) is 5.91 Å². The molecule has 0 radical (unpaired) electrons. The van der Waals surface area contributed by atoms with Gasteiger partial charge in [0.15, 0.2) is 0 Å². The molecule has 1 aliphatic carbocycles. The van der Waals surface area contributed by atoms with Gasteiger partial charge in [-0.1, -0.05) is 18.2 Å². The number of amides is 1. The number of esters is 1. The lowest BCUT2D eigenvalue weighted by Crippen LogP contribution is -2.43. The first kappa shape index (κ1) is 15.0. The molecule has 1 aliphatic heterocycles. The van der Waals surface area contributed by atoms with E-state index < -0.39 is 0 Å². The van der Waals surface area contributed by atoms with E-state index in [0.717, 1.165) is 32.2 Å². The Bertz CT molecular complexity index is 571. The molecule has 2 aliphatic rings. The lowest BCUT2D eigenvalue weighted by Gasteiger charge is -2.31. The summed E-state index contributed by atoms with van der Waals surface area (Å²) in [4.78, 5) is 26.0. The van der Waals surface area contributed by atoms with Gasteiger partial charge in [-0.25, -0.2) is 4.39 Å². The van der Waals surface area contributed by atoms with E-state index in [4.69, 9.17) is 4.74 Å². The van der Waals surface area contributed by atoms with Crippen molar-refractivity contribution in [3.63, 3.8) is 0 Å². The summed E-state index contributed by atoms with van der Waals surface area (Å²) >= 11 is 0. The SMILES string of the molecule is O=C(OCc1ccccc1F)C1CCCN(C(=O)C2CC2)C1. The Hall–Kier alpha value is -1.91. The Kier molecular flexibility index (Phi) is 4.41. The number of benzene rings is 1. The Balaban J connectivity index is 1.53. The van der Waals surface area contributed by atoms with Crippen LogP contribution >= 0.6 is 0 Å². The van der Waals surface area contributed by atoms with Gasteiger partial charge in [0.1, 0.15) is 12.4 Å². The maximum absolute atomic E-state index is 13.5. The average molecular weight is 305 g/mol. The number of carbonyl (C=O) groups excluding carboxylic acids is 2. The van der Waals surface area contributed by atoms with Crippen LogP contribution in [0.4, 0.5) is 4.39 Å². The zero-order chi connectivity index (χ0) is 15.5. The number of ether oxygens (including phenoxy) is 1. The van der Waals surface area contributed by atoms with E-state index in [2.05, 4.69) is 0 Å². The Labute approximate surface area is 129 Å². The number of halogens is 1. The smallest absolute Gasteiger partial charge is 0.311 e. The fourth-order valence-electron chi connectivity index (χ4n) is 2.84. The first-order valence-corrected chi connectivity index (χ1v) is 7.84. The molecule has 0 spiro atoms. The normalized spacial score (nSPS) is 21.5. The number of piperidine rings is 1. The van der Waals surface area contributed by atoms with Gasteiger partial charge in [0, 0.05) is 24.6 Å². The van der Waals surface area contributed by atoms with E-state index in [1.165, 1.54) is 6.07 Å². The van der Waals surface area contributed by atoms with Crippen LogP contribution in [0.2, 0.25) is 0 Å². The van der Waals surface area contributed by atoms with Crippen LogP contribution in [0.25, 0.3) is 0 Å². The van der Waals surface area contributed by atoms with Crippen molar-refractivity contribution in [2.75, 3.05) is 13.1 Å². The summed E-state index contributed by atoms with van der Waals surface area (Å²) in [7, 11) is 0. The van der Waals surface area contributed by atoms with Gasteiger partial charge in [0.05, 0.1) is 5.92 Å². The van der Waals surface area contributed by atoms with E-state index in [0.29, 0.717) is 12.1 Å². The Morgan fingerprint density at radius 3 is 2.68 bits per heavy atom. The summed E-state index contributed by atoms with van der Waals surface area (Å²) in [5, 5.41) is 0. The van der Waals surface area contributed by atoms with Crippen LogP contribution in [0, 0.1) is 17.7 Å². The van der Waals surface area contributed by atoms with Crippen LogP contribution < -0.4 is 0 Å². The van der Waals surface area contributed by atoms with Crippen molar-refractivity contribution in [1.82, 2.24) is 4.90 Å². The van der Waals surface area contributed by atoms with Crippen molar-refractivity contribution in [2.45, 2.75) is 32.3 Å². The van der Waals surface area contributed by atoms with Crippen molar-refractivity contribution in [3.8, 4) is 0 Å². The highest BCUT2D eigenvalue weighted by molar-refractivity contribution is 5.82. The first-order chi connectivity index (χ1) is 10.6. The van der Waals surface area contributed by atoms with Gasteiger partial charge in [-0.3, -0.25) is 9.59 Å². The molecule has 0 aromatic heterocycles. The van der Waals surface area contributed by atoms with Gasteiger partial charge in [-0.15, -0.1) is 0 Å². The molecule has 1 amide bonds. The molecule has 1 saturated carbocycles. The zero-order valence-electron chi connectivity index (χ0n) is 12.5. The highest BCUT2D eigenvalue weighted by Crippen LogP contribution is 2.32. The second-order valence-electron chi connectivity index (χ2n) is 6.10. The van der Waals surface area contributed by atoms with Crippen molar-refractivity contribution >= 4 is 11.9 Å². The number of likely N-dealkylation sites (tertiary alicyclic amines) is 1. The standard InChI is InChI=1S/C17H20FNO3/c18-15-6-2-1-4-14(15)11-22-17(21)13-5-3-9-19(10-13)16(20)12-7-8-12/h1-2,4,6,12-13H,3,5,7-11H2. The van der Waals surface area contributed by atoms with E-state index in [9.17, 15) is 14.0 Å². The number of rotatable bonds is 4. The molecule has 1 aromatic carbocycles. The first-order valence-electron chi connectivity index (χ1n) is 7.84. The van der Waals surface area contributed by atoms with Crippen molar-refractivity contribution < 1.29 is 18.7 Å². The summed E-state index contributed by atoms with van der Waals surface area (Å²) in [6.45, 7) is 1.11.